The number of carboxylic acids is 1. The summed E-state index contributed by atoms with van der Waals surface area (Å²) in [6, 6.07) is 5.60. The van der Waals surface area contributed by atoms with Crippen LogP contribution in [0.5, 0.6) is 0 Å². The lowest BCUT2D eigenvalue weighted by Gasteiger charge is -2.13. The van der Waals surface area contributed by atoms with Gasteiger partial charge in [0.15, 0.2) is 6.04 Å². The number of benzene rings is 1. The fraction of sp³-hybridized carbons (Fsp3) is 0.0769. The van der Waals surface area contributed by atoms with Gasteiger partial charge in [-0.15, -0.1) is 11.3 Å². The zero-order valence-electron chi connectivity index (χ0n) is 9.97. The molecule has 0 radical (unpaired) electrons. The standard InChI is InChI=1S/C13H9ClFNO3S/c14-8-6-7(3-4-9(8)15)12(17)16-11(13(18)19)10-2-1-5-20-10/h1-6,11H,(H,16,17)(H,18,19). The molecule has 0 bridgehead atoms. The third kappa shape index (κ3) is 3.15. The number of hydrogen-bond acceptors (Lipinski definition) is 3. The van der Waals surface area contributed by atoms with Crippen molar-refractivity contribution >= 4 is 34.8 Å². The average molecular weight is 314 g/mol. The minimum absolute atomic E-state index is 0.0965. The molecule has 2 rings (SSSR count). The van der Waals surface area contributed by atoms with Gasteiger partial charge in [-0.3, -0.25) is 4.79 Å². The Kier molecular flexibility index (Phi) is 4.36. The summed E-state index contributed by atoms with van der Waals surface area (Å²) in [5.41, 5.74) is 0.0965. The van der Waals surface area contributed by atoms with Crippen molar-refractivity contribution < 1.29 is 19.1 Å². The first-order chi connectivity index (χ1) is 9.49. The smallest absolute Gasteiger partial charge is 0.331 e. The van der Waals surface area contributed by atoms with Gasteiger partial charge in [-0.25, -0.2) is 9.18 Å². The summed E-state index contributed by atoms with van der Waals surface area (Å²) in [5, 5.41) is 13.0. The summed E-state index contributed by atoms with van der Waals surface area (Å²) in [7, 11) is 0. The molecule has 0 saturated carbocycles. The summed E-state index contributed by atoms with van der Waals surface area (Å²) in [4.78, 5) is 23.7. The van der Waals surface area contributed by atoms with Crippen molar-refractivity contribution in [3.8, 4) is 0 Å². The van der Waals surface area contributed by atoms with E-state index in [2.05, 4.69) is 5.32 Å². The molecule has 0 spiro atoms. The Morgan fingerprint density at radius 3 is 2.65 bits per heavy atom. The second-order valence-corrected chi connectivity index (χ2v) is 5.28. The van der Waals surface area contributed by atoms with Gasteiger partial charge in [0.25, 0.3) is 5.91 Å². The molecule has 1 aromatic carbocycles. The number of halogens is 2. The SMILES string of the molecule is O=C(NC(C(=O)O)c1cccs1)c1ccc(F)c(Cl)c1. The molecule has 0 aliphatic carbocycles. The molecule has 1 heterocycles. The van der Waals surface area contributed by atoms with Crippen molar-refractivity contribution in [1.29, 1.82) is 0 Å². The summed E-state index contributed by atoms with van der Waals surface area (Å²) in [5.74, 6) is -2.45. The van der Waals surface area contributed by atoms with Crippen LogP contribution in [-0.4, -0.2) is 17.0 Å². The lowest BCUT2D eigenvalue weighted by Crippen LogP contribution is -2.33. The van der Waals surface area contributed by atoms with E-state index >= 15 is 0 Å². The van der Waals surface area contributed by atoms with Crippen LogP contribution in [0.4, 0.5) is 4.39 Å². The molecule has 104 valence electrons. The maximum Gasteiger partial charge on any atom is 0.331 e. The van der Waals surface area contributed by atoms with E-state index in [4.69, 9.17) is 16.7 Å². The van der Waals surface area contributed by atoms with Crippen molar-refractivity contribution in [3.05, 3.63) is 57.0 Å². The average Bonchev–Trinajstić information content (AvgIpc) is 2.92. The van der Waals surface area contributed by atoms with E-state index in [0.29, 0.717) is 4.88 Å². The lowest BCUT2D eigenvalue weighted by atomic mass is 10.1. The summed E-state index contributed by atoms with van der Waals surface area (Å²) >= 11 is 6.81. The van der Waals surface area contributed by atoms with E-state index in [9.17, 15) is 14.0 Å². The fourth-order valence-electron chi connectivity index (χ4n) is 1.56. The van der Waals surface area contributed by atoms with Crippen molar-refractivity contribution in [1.82, 2.24) is 5.32 Å². The van der Waals surface area contributed by atoms with Gasteiger partial charge in [0.05, 0.1) is 5.02 Å². The maximum absolute atomic E-state index is 13.0. The fourth-order valence-corrected chi connectivity index (χ4v) is 2.51. The van der Waals surface area contributed by atoms with E-state index in [-0.39, 0.29) is 10.6 Å². The van der Waals surface area contributed by atoms with Crippen LogP contribution < -0.4 is 5.32 Å². The van der Waals surface area contributed by atoms with Crippen LogP contribution in [0.3, 0.4) is 0 Å². The molecule has 20 heavy (non-hydrogen) atoms. The Hall–Kier alpha value is -1.92. The summed E-state index contributed by atoms with van der Waals surface area (Å²) < 4.78 is 13.0. The largest absolute Gasteiger partial charge is 0.479 e. The van der Waals surface area contributed by atoms with Gasteiger partial charge in [0, 0.05) is 10.4 Å². The van der Waals surface area contributed by atoms with Gasteiger partial charge < -0.3 is 10.4 Å². The van der Waals surface area contributed by atoms with E-state index in [1.807, 2.05) is 0 Å². The van der Waals surface area contributed by atoms with Gasteiger partial charge in [0.1, 0.15) is 5.82 Å². The molecular weight excluding hydrogens is 305 g/mol. The Morgan fingerprint density at radius 1 is 1.35 bits per heavy atom. The molecule has 0 saturated heterocycles. The number of nitrogens with one attached hydrogen (secondary N) is 1. The molecule has 1 unspecified atom stereocenters. The van der Waals surface area contributed by atoms with Crippen LogP contribution in [0.25, 0.3) is 0 Å². The predicted molar refractivity (Wildman–Crippen MR) is 73.6 cm³/mol. The number of amides is 1. The lowest BCUT2D eigenvalue weighted by molar-refractivity contribution is -0.139. The van der Waals surface area contributed by atoms with Crippen LogP contribution in [0, 0.1) is 5.82 Å². The highest BCUT2D eigenvalue weighted by atomic mass is 35.5. The number of aliphatic carboxylic acids is 1. The Morgan fingerprint density at radius 2 is 2.10 bits per heavy atom. The predicted octanol–water partition coefficient (Wildman–Crippen LogP) is 3.10. The topological polar surface area (TPSA) is 66.4 Å². The van der Waals surface area contributed by atoms with Crippen molar-refractivity contribution in [2.75, 3.05) is 0 Å². The van der Waals surface area contributed by atoms with Gasteiger partial charge in [0.2, 0.25) is 0 Å². The normalized spacial score (nSPS) is 11.9. The molecule has 2 aromatic rings. The zero-order valence-corrected chi connectivity index (χ0v) is 11.5. The molecule has 2 N–H and O–H groups in total. The van der Waals surface area contributed by atoms with Crippen LogP contribution in [0.15, 0.2) is 35.7 Å². The minimum atomic E-state index is -1.17. The van der Waals surface area contributed by atoms with Crippen LogP contribution in [0.1, 0.15) is 21.3 Å². The first-order valence-electron chi connectivity index (χ1n) is 5.51. The molecular formula is C13H9ClFNO3S. The first-order valence-corrected chi connectivity index (χ1v) is 6.77. The van der Waals surface area contributed by atoms with Gasteiger partial charge in [-0.05, 0) is 29.6 Å². The molecule has 4 nitrogen and oxygen atoms in total. The molecule has 1 amide bonds. The van der Waals surface area contributed by atoms with Crippen LogP contribution in [-0.2, 0) is 4.79 Å². The number of carbonyl (C=O) groups is 2. The Bertz CT molecular complexity index is 645. The van der Waals surface area contributed by atoms with E-state index in [0.717, 1.165) is 12.1 Å². The summed E-state index contributed by atoms with van der Waals surface area (Å²) in [6.45, 7) is 0. The highest BCUT2D eigenvalue weighted by Crippen LogP contribution is 2.21. The summed E-state index contributed by atoms with van der Waals surface area (Å²) in [6.07, 6.45) is 0. The monoisotopic (exact) mass is 313 g/mol. The Labute approximate surface area is 122 Å². The van der Waals surface area contributed by atoms with Crippen molar-refractivity contribution in [2.45, 2.75) is 6.04 Å². The minimum Gasteiger partial charge on any atom is -0.479 e. The number of carbonyl (C=O) groups excluding carboxylic acids is 1. The van der Waals surface area contributed by atoms with Gasteiger partial charge in [-0.2, -0.15) is 0 Å². The Balaban J connectivity index is 2.20. The second-order valence-electron chi connectivity index (χ2n) is 3.89. The number of hydrogen-bond donors (Lipinski definition) is 2. The first kappa shape index (κ1) is 14.5. The molecule has 1 atom stereocenters. The number of rotatable bonds is 4. The van der Waals surface area contributed by atoms with E-state index < -0.39 is 23.7 Å². The quantitative estimate of drug-likeness (QED) is 0.911. The number of thiophene rings is 1. The molecule has 0 aliphatic heterocycles. The van der Waals surface area contributed by atoms with Crippen LogP contribution >= 0.6 is 22.9 Å². The highest BCUT2D eigenvalue weighted by molar-refractivity contribution is 7.10. The third-order valence-electron chi connectivity index (χ3n) is 2.53. The molecule has 0 fully saturated rings. The molecule has 1 aromatic heterocycles. The van der Waals surface area contributed by atoms with Crippen molar-refractivity contribution in [3.63, 3.8) is 0 Å². The van der Waals surface area contributed by atoms with Crippen LogP contribution in [0.2, 0.25) is 5.02 Å². The highest BCUT2D eigenvalue weighted by Gasteiger charge is 2.23. The van der Waals surface area contributed by atoms with Gasteiger partial charge >= 0.3 is 5.97 Å². The van der Waals surface area contributed by atoms with E-state index in [1.54, 1.807) is 17.5 Å². The van der Waals surface area contributed by atoms with E-state index in [1.165, 1.54) is 17.4 Å². The molecule has 7 heteroatoms. The van der Waals surface area contributed by atoms with Crippen molar-refractivity contribution in [2.24, 2.45) is 0 Å². The maximum atomic E-state index is 13.0. The second kappa shape index (κ2) is 6.02. The zero-order chi connectivity index (χ0) is 14.7. The number of carboxylic acid groups (broad SMARTS) is 1. The third-order valence-corrected chi connectivity index (χ3v) is 3.76. The molecule has 0 aliphatic rings. The van der Waals surface area contributed by atoms with Gasteiger partial charge in [-0.1, -0.05) is 17.7 Å².